The summed E-state index contributed by atoms with van der Waals surface area (Å²) in [6, 6.07) is 0.553. The number of anilines is 1. The molecule has 2 heterocycles. The van der Waals surface area contributed by atoms with E-state index < -0.39 is 0 Å². The Morgan fingerprint density at radius 3 is 2.94 bits per heavy atom. The van der Waals surface area contributed by atoms with Crippen LogP contribution in [0.1, 0.15) is 43.9 Å². The molecule has 3 rings (SSSR count). The number of rotatable bonds is 2. The summed E-state index contributed by atoms with van der Waals surface area (Å²) < 4.78 is 0. The van der Waals surface area contributed by atoms with Gasteiger partial charge in [0.05, 0.1) is 0 Å². The second-order valence-corrected chi connectivity index (χ2v) is 5.60. The van der Waals surface area contributed by atoms with Gasteiger partial charge in [0, 0.05) is 29.8 Å². The average Bonchev–Trinajstić information content (AvgIpc) is 2.95. The molecule has 4 nitrogen and oxygen atoms in total. The summed E-state index contributed by atoms with van der Waals surface area (Å²) in [7, 11) is 0. The van der Waals surface area contributed by atoms with Crippen molar-refractivity contribution in [3.05, 3.63) is 11.3 Å². The van der Waals surface area contributed by atoms with Crippen LogP contribution < -0.4 is 10.6 Å². The Morgan fingerprint density at radius 1 is 1.29 bits per heavy atom. The van der Waals surface area contributed by atoms with E-state index in [-0.39, 0.29) is 0 Å². The van der Waals surface area contributed by atoms with Crippen LogP contribution >= 0.6 is 0 Å². The van der Waals surface area contributed by atoms with Crippen LogP contribution in [0.5, 0.6) is 0 Å². The first-order valence-electron chi connectivity index (χ1n) is 6.80. The second-order valence-electron chi connectivity index (χ2n) is 5.60. The normalized spacial score (nSPS) is 32.5. The molecular weight excluding hydrogens is 212 g/mol. The standard InChI is InChI=1S/C13H22N4/c1-8-3-4-11-12(9(8)2)16-17-13(11)15-10-5-6-14-7-10/h8-10,14H,3-7H2,1-2H3,(H2,15,16,17). The van der Waals surface area contributed by atoms with E-state index in [0.29, 0.717) is 12.0 Å². The van der Waals surface area contributed by atoms with E-state index >= 15 is 0 Å². The topological polar surface area (TPSA) is 52.7 Å². The van der Waals surface area contributed by atoms with Crippen molar-refractivity contribution in [3.63, 3.8) is 0 Å². The van der Waals surface area contributed by atoms with Crippen molar-refractivity contribution in [2.24, 2.45) is 5.92 Å². The zero-order chi connectivity index (χ0) is 11.8. The van der Waals surface area contributed by atoms with Crippen molar-refractivity contribution >= 4 is 5.82 Å². The zero-order valence-electron chi connectivity index (χ0n) is 10.7. The van der Waals surface area contributed by atoms with Crippen LogP contribution in [0.3, 0.4) is 0 Å². The third-order valence-electron chi connectivity index (χ3n) is 4.46. The molecule has 0 bridgehead atoms. The van der Waals surface area contributed by atoms with Crippen LogP contribution in [0.15, 0.2) is 0 Å². The fraction of sp³-hybridized carbons (Fsp3) is 0.769. The molecule has 4 heteroatoms. The summed E-state index contributed by atoms with van der Waals surface area (Å²) >= 11 is 0. The van der Waals surface area contributed by atoms with Crippen LogP contribution in [0.4, 0.5) is 5.82 Å². The third kappa shape index (κ3) is 1.95. The Bertz CT molecular complexity index is 392. The Labute approximate surface area is 103 Å². The zero-order valence-corrected chi connectivity index (χ0v) is 10.7. The van der Waals surface area contributed by atoms with Gasteiger partial charge in [-0.15, -0.1) is 0 Å². The van der Waals surface area contributed by atoms with Gasteiger partial charge in [-0.25, -0.2) is 0 Å². The van der Waals surface area contributed by atoms with Crippen LogP contribution in [-0.2, 0) is 6.42 Å². The fourth-order valence-electron chi connectivity index (χ4n) is 3.01. The highest BCUT2D eigenvalue weighted by molar-refractivity contribution is 5.49. The summed E-state index contributed by atoms with van der Waals surface area (Å²) in [6.45, 7) is 6.83. The minimum absolute atomic E-state index is 0.553. The number of nitrogens with zero attached hydrogens (tertiary/aromatic N) is 1. The van der Waals surface area contributed by atoms with Crippen molar-refractivity contribution in [2.75, 3.05) is 18.4 Å². The largest absolute Gasteiger partial charge is 0.364 e. The van der Waals surface area contributed by atoms with Gasteiger partial charge in [-0.3, -0.25) is 5.10 Å². The molecule has 1 fully saturated rings. The highest BCUT2D eigenvalue weighted by Crippen LogP contribution is 2.37. The van der Waals surface area contributed by atoms with Crippen molar-refractivity contribution < 1.29 is 0 Å². The lowest BCUT2D eigenvalue weighted by atomic mass is 9.80. The summed E-state index contributed by atoms with van der Waals surface area (Å²) in [4.78, 5) is 0. The first kappa shape index (κ1) is 11.1. The summed E-state index contributed by atoms with van der Waals surface area (Å²) in [6.07, 6.45) is 3.65. The first-order valence-corrected chi connectivity index (χ1v) is 6.80. The summed E-state index contributed by atoms with van der Waals surface area (Å²) in [5, 5.41) is 14.7. The van der Waals surface area contributed by atoms with E-state index in [1.807, 2.05) is 0 Å². The highest BCUT2D eigenvalue weighted by atomic mass is 15.2. The van der Waals surface area contributed by atoms with Crippen molar-refractivity contribution in [3.8, 4) is 0 Å². The van der Waals surface area contributed by atoms with Gasteiger partial charge < -0.3 is 10.6 Å². The van der Waals surface area contributed by atoms with Gasteiger partial charge in [0.25, 0.3) is 0 Å². The van der Waals surface area contributed by atoms with Crippen LogP contribution in [0.25, 0.3) is 0 Å². The molecule has 3 unspecified atom stereocenters. The lowest BCUT2D eigenvalue weighted by Crippen LogP contribution is -2.23. The molecule has 3 atom stereocenters. The van der Waals surface area contributed by atoms with Crippen LogP contribution in [0.2, 0.25) is 0 Å². The van der Waals surface area contributed by atoms with Gasteiger partial charge in [-0.1, -0.05) is 13.8 Å². The Morgan fingerprint density at radius 2 is 2.18 bits per heavy atom. The lowest BCUT2D eigenvalue weighted by molar-refractivity contribution is 0.419. The molecule has 1 aliphatic heterocycles. The molecule has 17 heavy (non-hydrogen) atoms. The maximum atomic E-state index is 4.48. The fourth-order valence-corrected chi connectivity index (χ4v) is 3.01. The number of aromatic amines is 1. The SMILES string of the molecule is CC1CCc2c(NC3CCNC3)n[nH]c2C1C. The second kappa shape index (κ2) is 4.33. The van der Waals surface area contributed by atoms with Gasteiger partial charge in [-0.2, -0.15) is 5.10 Å². The molecule has 2 aliphatic rings. The Kier molecular flexibility index (Phi) is 2.82. The molecule has 1 aliphatic carbocycles. The number of hydrogen-bond acceptors (Lipinski definition) is 3. The number of aromatic nitrogens is 2. The van der Waals surface area contributed by atoms with Gasteiger partial charge in [-0.05, 0) is 31.7 Å². The molecule has 1 saturated heterocycles. The molecule has 0 aromatic carbocycles. The highest BCUT2D eigenvalue weighted by Gasteiger charge is 2.28. The molecule has 3 N–H and O–H groups in total. The smallest absolute Gasteiger partial charge is 0.151 e. The summed E-state index contributed by atoms with van der Waals surface area (Å²) in [5.41, 5.74) is 2.79. The summed E-state index contributed by atoms with van der Waals surface area (Å²) in [5.74, 6) is 2.49. The first-order chi connectivity index (χ1) is 8.25. The van der Waals surface area contributed by atoms with Gasteiger partial charge in [0.1, 0.15) is 0 Å². The average molecular weight is 234 g/mol. The quantitative estimate of drug-likeness (QED) is 0.732. The van der Waals surface area contributed by atoms with E-state index in [1.165, 1.54) is 30.5 Å². The monoisotopic (exact) mass is 234 g/mol. The van der Waals surface area contributed by atoms with E-state index in [0.717, 1.165) is 24.8 Å². The van der Waals surface area contributed by atoms with E-state index in [4.69, 9.17) is 0 Å². The van der Waals surface area contributed by atoms with Crippen molar-refractivity contribution in [1.29, 1.82) is 0 Å². The van der Waals surface area contributed by atoms with Crippen molar-refractivity contribution in [1.82, 2.24) is 15.5 Å². The van der Waals surface area contributed by atoms with E-state index in [9.17, 15) is 0 Å². The number of fused-ring (bicyclic) bond motifs is 1. The maximum Gasteiger partial charge on any atom is 0.151 e. The molecule has 0 radical (unpaired) electrons. The third-order valence-corrected chi connectivity index (χ3v) is 4.46. The maximum absolute atomic E-state index is 4.48. The predicted octanol–water partition coefficient (Wildman–Crippen LogP) is 1.87. The molecule has 94 valence electrons. The minimum atomic E-state index is 0.553. The molecular formula is C13H22N4. The molecule has 0 spiro atoms. The number of hydrogen-bond donors (Lipinski definition) is 3. The van der Waals surface area contributed by atoms with E-state index in [1.54, 1.807) is 0 Å². The lowest BCUT2D eigenvalue weighted by Gasteiger charge is -2.25. The Hall–Kier alpha value is -1.03. The molecule has 0 saturated carbocycles. The van der Waals surface area contributed by atoms with Gasteiger partial charge in [0.15, 0.2) is 5.82 Å². The van der Waals surface area contributed by atoms with E-state index in [2.05, 4.69) is 34.7 Å². The molecule has 1 aromatic rings. The number of H-pyrrole nitrogens is 1. The Balaban J connectivity index is 1.80. The molecule has 0 amide bonds. The van der Waals surface area contributed by atoms with Crippen LogP contribution in [0, 0.1) is 5.92 Å². The van der Waals surface area contributed by atoms with Gasteiger partial charge in [0.2, 0.25) is 0 Å². The predicted molar refractivity (Wildman–Crippen MR) is 69.4 cm³/mol. The minimum Gasteiger partial charge on any atom is -0.364 e. The van der Waals surface area contributed by atoms with Gasteiger partial charge >= 0.3 is 0 Å². The van der Waals surface area contributed by atoms with Crippen molar-refractivity contribution in [2.45, 2.75) is 45.1 Å². The number of nitrogens with one attached hydrogen (secondary N) is 3. The van der Waals surface area contributed by atoms with Crippen LogP contribution in [-0.4, -0.2) is 29.3 Å². The molecule has 1 aromatic heterocycles.